The lowest BCUT2D eigenvalue weighted by Crippen LogP contribution is -2.18. The van der Waals surface area contributed by atoms with E-state index < -0.39 is 10.0 Å². The van der Waals surface area contributed by atoms with Crippen molar-refractivity contribution in [3.8, 4) is 0 Å². The maximum atomic E-state index is 12.3. The third kappa shape index (κ3) is 3.21. The van der Waals surface area contributed by atoms with E-state index in [2.05, 4.69) is 31.1 Å². The van der Waals surface area contributed by atoms with Gasteiger partial charge >= 0.3 is 0 Å². The molecule has 1 heterocycles. The van der Waals surface area contributed by atoms with Gasteiger partial charge in [-0.05, 0) is 46.3 Å². The zero-order valence-electron chi connectivity index (χ0n) is 9.97. The molecule has 0 amide bonds. The van der Waals surface area contributed by atoms with Crippen LogP contribution in [0.4, 0.5) is 11.4 Å². The van der Waals surface area contributed by atoms with Gasteiger partial charge in [-0.1, -0.05) is 11.6 Å². The van der Waals surface area contributed by atoms with Crippen LogP contribution in [0.5, 0.6) is 0 Å². The molecule has 1 aromatic carbocycles. The third-order valence-electron chi connectivity index (χ3n) is 2.35. The average molecular weight is 378 g/mol. The van der Waals surface area contributed by atoms with E-state index in [0.717, 1.165) is 0 Å². The topological polar surface area (TPSA) is 97.1 Å². The highest BCUT2D eigenvalue weighted by molar-refractivity contribution is 9.10. The van der Waals surface area contributed by atoms with Gasteiger partial charge in [-0.3, -0.25) is 10.6 Å². The van der Waals surface area contributed by atoms with Crippen LogP contribution < -0.4 is 16.0 Å². The van der Waals surface area contributed by atoms with E-state index in [4.69, 9.17) is 17.4 Å². The number of nitrogens with two attached hydrogens (primary N) is 1. The van der Waals surface area contributed by atoms with Gasteiger partial charge in [0, 0.05) is 10.7 Å². The maximum Gasteiger partial charge on any atom is 0.281 e. The summed E-state index contributed by atoms with van der Waals surface area (Å²) in [5.41, 5.74) is 2.85. The van der Waals surface area contributed by atoms with E-state index in [1.807, 2.05) is 0 Å². The van der Waals surface area contributed by atoms with E-state index >= 15 is 0 Å². The monoisotopic (exact) mass is 376 g/mol. The molecule has 0 aliphatic rings. The molecule has 4 N–H and O–H groups in total. The number of hydrazine groups is 1. The minimum Gasteiger partial charge on any atom is -0.321 e. The summed E-state index contributed by atoms with van der Waals surface area (Å²) in [7, 11) is -3.85. The van der Waals surface area contributed by atoms with E-state index in [9.17, 15) is 8.42 Å². The van der Waals surface area contributed by atoms with Gasteiger partial charge in [0.05, 0.1) is 16.4 Å². The molecule has 0 atom stereocenters. The Kier molecular flexibility index (Phi) is 4.48. The molecule has 0 radical (unpaired) electrons. The number of nitrogen functional groups attached to an aromatic ring is 1. The predicted molar refractivity (Wildman–Crippen MR) is 82.0 cm³/mol. The van der Waals surface area contributed by atoms with Gasteiger partial charge in [0.1, 0.15) is 0 Å². The molecular formula is C11H10BrClN4O2S. The number of benzene rings is 1. The molecule has 0 spiro atoms. The fraction of sp³-hybridized carbons (Fsp3) is 0. The summed E-state index contributed by atoms with van der Waals surface area (Å²) in [5.74, 6) is 5.28. The Morgan fingerprint density at radius 3 is 2.70 bits per heavy atom. The van der Waals surface area contributed by atoms with E-state index in [-0.39, 0.29) is 10.7 Å². The highest BCUT2D eigenvalue weighted by Gasteiger charge is 2.20. The molecule has 6 nitrogen and oxygen atoms in total. The van der Waals surface area contributed by atoms with Crippen molar-refractivity contribution in [3.63, 3.8) is 0 Å². The molecule has 0 aliphatic carbocycles. The quantitative estimate of drug-likeness (QED) is 0.562. The van der Waals surface area contributed by atoms with Crippen LogP contribution in [-0.4, -0.2) is 13.4 Å². The minimum atomic E-state index is -3.85. The Hall–Kier alpha value is -1.35. The molecule has 0 aliphatic heterocycles. The van der Waals surface area contributed by atoms with Crippen LogP contribution in [0.15, 0.2) is 46.0 Å². The molecule has 106 valence electrons. The van der Waals surface area contributed by atoms with Gasteiger partial charge in [0.2, 0.25) is 5.03 Å². The van der Waals surface area contributed by atoms with Crippen LogP contribution in [0.2, 0.25) is 5.02 Å². The van der Waals surface area contributed by atoms with Crippen molar-refractivity contribution < 1.29 is 8.42 Å². The lowest BCUT2D eigenvalue weighted by molar-refractivity contribution is 0.598. The van der Waals surface area contributed by atoms with Gasteiger partial charge in [0.25, 0.3) is 10.0 Å². The highest BCUT2D eigenvalue weighted by atomic mass is 79.9. The lowest BCUT2D eigenvalue weighted by atomic mass is 10.3. The normalized spacial score (nSPS) is 11.2. The first kappa shape index (κ1) is 15.0. The fourth-order valence-corrected chi connectivity index (χ4v) is 3.12. The van der Waals surface area contributed by atoms with Crippen molar-refractivity contribution in [1.82, 2.24) is 4.98 Å². The van der Waals surface area contributed by atoms with Crippen molar-refractivity contribution in [1.29, 1.82) is 0 Å². The molecular weight excluding hydrogens is 368 g/mol. The van der Waals surface area contributed by atoms with Crippen LogP contribution in [0.3, 0.4) is 0 Å². The summed E-state index contributed by atoms with van der Waals surface area (Å²) in [4.78, 5) is 3.83. The van der Waals surface area contributed by atoms with Crippen molar-refractivity contribution in [3.05, 3.63) is 46.0 Å². The van der Waals surface area contributed by atoms with Gasteiger partial charge in [-0.15, -0.1) is 0 Å². The molecule has 9 heteroatoms. The second-order valence-electron chi connectivity index (χ2n) is 3.73. The van der Waals surface area contributed by atoms with Gasteiger partial charge in [-0.25, -0.2) is 4.98 Å². The van der Waals surface area contributed by atoms with Crippen molar-refractivity contribution in [2.75, 3.05) is 10.1 Å². The first-order valence-electron chi connectivity index (χ1n) is 5.33. The fourth-order valence-electron chi connectivity index (χ4n) is 1.48. The highest BCUT2D eigenvalue weighted by Crippen LogP contribution is 2.27. The Morgan fingerprint density at radius 1 is 1.30 bits per heavy atom. The summed E-state index contributed by atoms with van der Waals surface area (Å²) >= 11 is 9.08. The van der Waals surface area contributed by atoms with Crippen LogP contribution in [0, 0.1) is 0 Å². The second-order valence-corrected chi connectivity index (χ2v) is 6.59. The Balaban J connectivity index is 2.38. The molecule has 0 unspecified atom stereocenters. The molecule has 0 fully saturated rings. The van der Waals surface area contributed by atoms with E-state index in [1.165, 1.54) is 12.3 Å². The van der Waals surface area contributed by atoms with Gasteiger partial charge in [0.15, 0.2) is 0 Å². The molecule has 2 rings (SSSR count). The van der Waals surface area contributed by atoms with Crippen LogP contribution in [0.25, 0.3) is 0 Å². The average Bonchev–Trinajstić information content (AvgIpc) is 2.42. The zero-order valence-corrected chi connectivity index (χ0v) is 13.1. The smallest absolute Gasteiger partial charge is 0.281 e. The number of aromatic nitrogens is 1. The van der Waals surface area contributed by atoms with Crippen LogP contribution in [-0.2, 0) is 10.0 Å². The number of halogens is 2. The predicted octanol–water partition coefficient (Wildman–Crippen LogP) is 2.58. The second kappa shape index (κ2) is 5.96. The van der Waals surface area contributed by atoms with Gasteiger partial charge < -0.3 is 5.43 Å². The van der Waals surface area contributed by atoms with Crippen LogP contribution >= 0.6 is 27.5 Å². The standard InChI is InChI=1S/C11H10BrClN4O2S/c12-8-6-7(3-4-9(8)13)17-20(18,19)11-10(16-14)2-1-5-15-11/h1-6,16-17H,14H2. The summed E-state index contributed by atoms with van der Waals surface area (Å²) in [6.45, 7) is 0. The third-order valence-corrected chi connectivity index (χ3v) is 4.91. The largest absolute Gasteiger partial charge is 0.321 e. The number of sulfonamides is 1. The number of hydrogen-bond donors (Lipinski definition) is 3. The first-order chi connectivity index (χ1) is 9.44. The molecule has 1 aromatic heterocycles. The van der Waals surface area contributed by atoms with E-state index in [1.54, 1.807) is 24.3 Å². The number of hydrogen-bond acceptors (Lipinski definition) is 5. The summed E-state index contributed by atoms with van der Waals surface area (Å²) < 4.78 is 27.5. The minimum absolute atomic E-state index is 0.187. The Labute approximate surface area is 129 Å². The van der Waals surface area contributed by atoms with E-state index in [0.29, 0.717) is 15.2 Å². The summed E-state index contributed by atoms with van der Waals surface area (Å²) in [6.07, 6.45) is 1.37. The first-order valence-corrected chi connectivity index (χ1v) is 7.99. The van der Waals surface area contributed by atoms with Crippen molar-refractivity contribution in [2.45, 2.75) is 5.03 Å². The van der Waals surface area contributed by atoms with Crippen molar-refractivity contribution >= 4 is 48.9 Å². The van der Waals surface area contributed by atoms with Crippen LogP contribution in [0.1, 0.15) is 0 Å². The SMILES string of the molecule is NNc1cccnc1S(=O)(=O)Nc1ccc(Cl)c(Br)c1. The maximum absolute atomic E-state index is 12.3. The zero-order chi connectivity index (χ0) is 14.8. The number of nitrogens with one attached hydrogen (secondary N) is 2. The number of anilines is 2. The molecule has 20 heavy (non-hydrogen) atoms. The van der Waals surface area contributed by atoms with Crippen molar-refractivity contribution in [2.24, 2.45) is 5.84 Å². The number of pyridine rings is 1. The Morgan fingerprint density at radius 2 is 2.05 bits per heavy atom. The summed E-state index contributed by atoms with van der Waals surface area (Å²) in [5, 5.41) is 0.295. The molecule has 2 aromatic rings. The summed E-state index contributed by atoms with van der Waals surface area (Å²) in [6, 6.07) is 7.76. The molecule has 0 saturated heterocycles. The Bertz CT molecular complexity index is 739. The molecule has 0 saturated carbocycles. The molecule has 0 bridgehead atoms. The van der Waals surface area contributed by atoms with Gasteiger partial charge in [-0.2, -0.15) is 8.42 Å². The number of rotatable bonds is 4. The number of nitrogens with zero attached hydrogens (tertiary/aromatic N) is 1. The lowest BCUT2D eigenvalue weighted by Gasteiger charge is -2.11.